The Kier molecular flexibility index (Phi) is 5.13. The molecule has 2 rings (SSSR count). The van der Waals surface area contributed by atoms with Crippen LogP contribution in [-0.4, -0.2) is 5.11 Å². The minimum absolute atomic E-state index is 0.109. The molecule has 0 fully saturated rings. The minimum atomic E-state index is -0.109. The van der Waals surface area contributed by atoms with Crippen molar-refractivity contribution in [1.29, 1.82) is 0 Å². The molecule has 0 heterocycles. The summed E-state index contributed by atoms with van der Waals surface area (Å²) in [6.07, 6.45) is 0.794. The van der Waals surface area contributed by atoms with Gasteiger partial charge in [0.15, 0.2) is 0 Å². The summed E-state index contributed by atoms with van der Waals surface area (Å²) in [4.78, 5) is 0. The van der Waals surface area contributed by atoms with Gasteiger partial charge in [-0.1, -0.05) is 90.9 Å². The number of phenolic OH excluding ortho intramolecular Hbond substituents is 1. The van der Waals surface area contributed by atoms with Gasteiger partial charge in [-0.2, -0.15) is 0 Å². The zero-order valence-corrected chi connectivity index (χ0v) is 16.0. The Hall–Kier alpha value is -1.76. The van der Waals surface area contributed by atoms with Gasteiger partial charge in [-0.05, 0) is 39.5 Å². The molecule has 0 aliphatic carbocycles. The predicted octanol–water partition coefficient (Wildman–Crippen LogP) is 6.34. The van der Waals surface area contributed by atoms with E-state index in [1.165, 1.54) is 11.1 Å². The molecule has 1 atom stereocenters. The third-order valence-corrected chi connectivity index (χ3v) is 4.64. The molecule has 0 spiro atoms. The van der Waals surface area contributed by atoms with Crippen molar-refractivity contribution in [1.82, 2.24) is 0 Å². The van der Waals surface area contributed by atoms with E-state index in [0.29, 0.717) is 5.75 Å². The van der Waals surface area contributed by atoms with Gasteiger partial charge in [-0.25, -0.2) is 0 Å². The molecule has 129 valence electrons. The molecule has 0 aliphatic rings. The van der Waals surface area contributed by atoms with Crippen LogP contribution in [0.25, 0.3) is 0 Å². The van der Waals surface area contributed by atoms with Gasteiger partial charge in [0.25, 0.3) is 0 Å². The van der Waals surface area contributed by atoms with Crippen LogP contribution in [0.5, 0.6) is 5.75 Å². The van der Waals surface area contributed by atoms with Gasteiger partial charge >= 0.3 is 0 Å². The van der Waals surface area contributed by atoms with Crippen molar-refractivity contribution in [2.45, 2.75) is 64.7 Å². The Balaban J connectivity index is 2.70. The lowest BCUT2D eigenvalue weighted by Crippen LogP contribution is -2.18. The summed E-state index contributed by atoms with van der Waals surface area (Å²) in [5, 5.41) is 10.9. The van der Waals surface area contributed by atoms with Crippen LogP contribution in [0.3, 0.4) is 0 Å². The van der Waals surface area contributed by atoms with Gasteiger partial charge in [0.05, 0.1) is 0 Å². The number of hydrogen-bond donors (Lipinski definition) is 1. The smallest absolute Gasteiger partial charge is 0.123 e. The van der Waals surface area contributed by atoms with E-state index in [-0.39, 0.29) is 16.7 Å². The van der Waals surface area contributed by atoms with Crippen LogP contribution in [-0.2, 0) is 10.8 Å². The first-order valence-electron chi connectivity index (χ1n) is 8.77. The lowest BCUT2D eigenvalue weighted by Gasteiger charge is -2.30. The van der Waals surface area contributed by atoms with E-state index in [1.807, 2.05) is 6.07 Å². The zero-order valence-electron chi connectivity index (χ0n) is 16.0. The fourth-order valence-corrected chi connectivity index (χ4v) is 3.21. The van der Waals surface area contributed by atoms with E-state index in [4.69, 9.17) is 0 Å². The highest BCUT2D eigenvalue weighted by Crippen LogP contribution is 2.42. The largest absolute Gasteiger partial charge is 0.507 e. The first-order valence-corrected chi connectivity index (χ1v) is 8.77. The molecule has 0 saturated carbocycles. The van der Waals surface area contributed by atoms with E-state index >= 15 is 0 Å². The second-order valence-electron chi connectivity index (χ2n) is 8.72. The lowest BCUT2D eigenvalue weighted by molar-refractivity contribution is 0.422. The molecular formula is C23H31O. The van der Waals surface area contributed by atoms with Crippen LogP contribution >= 0.6 is 0 Å². The molecular weight excluding hydrogens is 292 g/mol. The highest BCUT2D eigenvalue weighted by Gasteiger charge is 2.28. The quantitative estimate of drug-likeness (QED) is 0.698. The second-order valence-corrected chi connectivity index (χ2v) is 8.72. The molecule has 1 unspecified atom stereocenters. The first-order chi connectivity index (χ1) is 11.1. The molecule has 1 nitrogen and oxygen atoms in total. The Morgan fingerprint density at radius 2 is 1.29 bits per heavy atom. The van der Waals surface area contributed by atoms with E-state index < -0.39 is 0 Å². The first kappa shape index (κ1) is 18.6. The fourth-order valence-electron chi connectivity index (χ4n) is 3.21. The van der Waals surface area contributed by atoms with Crippen LogP contribution in [0.1, 0.15) is 76.1 Å². The molecule has 1 radical (unpaired) electrons. The van der Waals surface area contributed by atoms with Crippen molar-refractivity contribution < 1.29 is 5.11 Å². The summed E-state index contributed by atoms with van der Waals surface area (Å²) >= 11 is 0. The maximum atomic E-state index is 10.9. The molecule has 24 heavy (non-hydrogen) atoms. The molecule has 2 aromatic carbocycles. The third kappa shape index (κ3) is 3.83. The summed E-state index contributed by atoms with van der Waals surface area (Å²) in [7, 11) is 0. The summed E-state index contributed by atoms with van der Waals surface area (Å²) in [6, 6.07) is 14.9. The van der Waals surface area contributed by atoms with Gasteiger partial charge in [0.1, 0.15) is 5.75 Å². The van der Waals surface area contributed by atoms with Gasteiger partial charge in [-0.15, -0.1) is 0 Å². The number of benzene rings is 2. The van der Waals surface area contributed by atoms with Gasteiger partial charge in [0.2, 0.25) is 0 Å². The van der Waals surface area contributed by atoms with Crippen LogP contribution < -0.4 is 0 Å². The number of phenols is 1. The molecule has 1 N–H and O–H groups in total. The van der Waals surface area contributed by atoms with Gasteiger partial charge < -0.3 is 5.11 Å². The molecule has 1 heteroatoms. The molecule has 0 aromatic heterocycles. The highest BCUT2D eigenvalue weighted by molar-refractivity contribution is 5.52. The van der Waals surface area contributed by atoms with E-state index in [2.05, 4.69) is 84.9 Å². The molecule has 2 aromatic rings. The maximum Gasteiger partial charge on any atom is 0.123 e. The lowest BCUT2D eigenvalue weighted by atomic mass is 9.76. The van der Waals surface area contributed by atoms with Crippen molar-refractivity contribution in [2.75, 3.05) is 0 Å². The number of hydrogen-bond acceptors (Lipinski definition) is 1. The Morgan fingerprint density at radius 3 is 1.67 bits per heavy atom. The van der Waals surface area contributed by atoms with Gasteiger partial charge in [0, 0.05) is 5.92 Å². The van der Waals surface area contributed by atoms with E-state index in [1.54, 1.807) is 0 Å². The Labute approximate surface area is 147 Å². The minimum Gasteiger partial charge on any atom is -0.507 e. The van der Waals surface area contributed by atoms with Gasteiger partial charge in [-0.3, -0.25) is 0 Å². The van der Waals surface area contributed by atoms with Crippen molar-refractivity contribution in [3.05, 3.63) is 71.6 Å². The summed E-state index contributed by atoms with van der Waals surface area (Å²) in [5.41, 5.74) is 4.32. The second kappa shape index (κ2) is 6.63. The van der Waals surface area contributed by atoms with Crippen LogP contribution in [0.4, 0.5) is 0 Å². The predicted molar refractivity (Wildman–Crippen MR) is 104 cm³/mol. The average molecular weight is 324 g/mol. The van der Waals surface area contributed by atoms with Crippen molar-refractivity contribution in [3.63, 3.8) is 0 Å². The van der Waals surface area contributed by atoms with Crippen LogP contribution in [0, 0.1) is 6.92 Å². The SMILES string of the molecule is [CH2]CC(c1ccccc1)c1cc(C(C)(C)C)c(O)c(C(C)(C)C)c1. The van der Waals surface area contributed by atoms with Crippen LogP contribution in [0.15, 0.2) is 42.5 Å². The standard InChI is InChI=1S/C23H31O/c1-8-18(16-12-10-9-11-13-16)17-14-19(22(2,3)4)21(24)20(15-17)23(5,6)7/h9-15,18,24H,1,8H2,2-7H3. The number of rotatable bonds is 3. The Morgan fingerprint density at radius 1 is 0.833 bits per heavy atom. The molecule has 0 saturated heterocycles. The molecule has 0 bridgehead atoms. The Bertz CT molecular complexity index is 649. The summed E-state index contributed by atoms with van der Waals surface area (Å²) in [6.45, 7) is 17.1. The van der Waals surface area contributed by atoms with Crippen molar-refractivity contribution in [2.24, 2.45) is 0 Å². The highest BCUT2D eigenvalue weighted by atomic mass is 16.3. The number of aromatic hydroxyl groups is 1. The summed E-state index contributed by atoms with van der Waals surface area (Å²) in [5.74, 6) is 0.684. The third-order valence-electron chi connectivity index (χ3n) is 4.64. The maximum absolute atomic E-state index is 10.9. The van der Waals surface area contributed by atoms with Crippen molar-refractivity contribution in [3.8, 4) is 5.75 Å². The normalized spacial score (nSPS) is 13.8. The monoisotopic (exact) mass is 323 g/mol. The topological polar surface area (TPSA) is 20.2 Å². The molecule has 0 amide bonds. The fraction of sp³-hybridized carbons (Fsp3) is 0.435. The van der Waals surface area contributed by atoms with Crippen molar-refractivity contribution >= 4 is 0 Å². The average Bonchev–Trinajstić information content (AvgIpc) is 2.48. The van der Waals surface area contributed by atoms with E-state index in [9.17, 15) is 5.11 Å². The molecule has 0 aliphatic heterocycles. The van der Waals surface area contributed by atoms with Crippen LogP contribution in [0.2, 0.25) is 0 Å². The van der Waals surface area contributed by atoms with E-state index in [0.717, 1.165) is 17.5 Å². The summed E-state index contributed by atoms with van der Waals surface area (Å²) < 4.78 is 0. The zero-order chi connectivity index (χ0) is 18.1.